The first kappa shape index (κ1) is 10.7. The third kappa shape index (κ3) is 1.63. The first-order valence-corrected chi connectivity index (χ1v) is 4.37. The van der Waals surface area contributed by atoms with E-state index in [0.717, 1.165) is 15.3 Å². The van der Waals surface area contributed by atoms with Crippen LogP contribution in [-0.4, -0.2) is 14.4 Å². The van der Waals surface area contributed by atoms with Crippen molar-refractivity contribution in [2.45, 2.75) is 13.5 Å². The summed E-state index contributed by atoms with van der Waals surface area (Å²) >= 11 is 5.19. The molecule has 1 aromatic heterocycles. The number of aromatic nitrogens is 2. The molecule has 0 fully saturated rings. The zero-order chi connectivity index (χ0) is 10.9. The fourth-order valence-corrected chi connectivity index (χ4v) is 1.27. The van der Waals surface area contributed by atoms with Crippen LogP contribution in [0.2, 0.25) is 0 Å². The second-order valence-electron chi connectivity index (χ2n) is 2.76. The number of hydrogen-bond donors (Lipinski definition) is 0. The van der Waals surface area contributed by atoms with E-state index in [1.54, 1.807) is 6.92 Å². The fourth-order valence-electron chi connectivity index (χ4n) is 1.14. The molecule has 0 N–H and O–H groups in total. The molecule has 1 aromatic rings. The molecule has 0 amide bonds. The van der Waals surface area contributed by atoms with Crippen molar-refractivity contribution in [1.29, 1.82) is 0 Å². The molecule has 0 bridgehead atoms. The van der Waals surface area contributed by atoms with Gasteiger partial charge >= 0.3 is 5.69 Å². The molecule has 1 rings (SSSR count). The van der Waals surface area contributed by atoms with Gasteiger partial charge in [0, 0.05) is 19.8 Å². The Morgan fingerprint density at radius 2 is 2.07 bits per heavy atom. The Morgan fingerprint density at radius 1 is 1.50 bits per heavy atom. The molecule has 0 saturated carbocycles. The lowest BCUT2D eigenvalue weighted by atomic mass is 10.3. The van der Waals surface area contributed by atoms with Crippen LogP contribution in [0, 0.1) is 0 Å². The normalized spacial score (nSPS) is 10.2. The number of rotatable bonds is 2. The molecule has 0 aliphatic heterocycles. The molecular weight excluding hydrogens is 208 g/mol. The minimum absolute atomic E-state index is 0.185. The number of carbonyl (C=O) groups is 1. The average molecular weight is 217 g/mol. The molecule has 0 aliphatic rings. The van der Waals surface area contributed by atoms with Gasteiger partial charge in [0.05, 0.1) is 0 Å². The molecule has 0 aliphatic carbocycles. The molecule has 1 heterocycles. The second-order valence-corrected chi connectivity index (χ2v) is 3.10. The summed E-state index contributed by atoms with van der Waals surface area (Å²) in [6.07, 6.45) is 1.14. The molecule has 0 atom stereocenters. The molecule has 0 unspecified atom stereocenters. The van der Waals surface area contributed by atoms with E-state index in [4.69, 9.17) is 11.6 Å². The van der Waals surface area contributed by atoms with Gasteiger partial charge in [-0.3, -0.25) is 14.2 Å². The first-order valence-electron chi connectivity index (χ1n) is 3.99. The Labute approximate surface area is 84.5 Å². The highest BCUT2D eigenvalue weighted by atomic mass is 35.5. The molecule has 5 nitrogen and oxygen atoms in total. The highest BCUT2D eigenvalue weighted by Gasteiger charge is 2.12. The lowest BCUT2D eigenvalue weighted by Crippen LogP contribution is -2.40. The minimum Gasteiger partial charge on any atom is -0.303 e. The third-order valence-electron chi connectivity index (χ3n) is 1.86. The van der Waals surface area contributed by atoms with E-state index in [1.165, 1.54) is 7.05 Å². The maximum absolute atomic E-state index is 11.5. The van der Waals surface area contributed by atoms with E-state index in [2.05, 4.69) is 0 Å². The Kier molecular flexibility index (Phi) is 2.90. The van der Waals surface area contributed by atoms with Crippen molar-refractivity contribution in [3.63, 3.8) is 0 Å². The molecule has 0 spiro atoms. The number of nitrogens with zero attached hydrogens (tertiary/aromatic N) is 2. The van der Waals surface area contributed by atoms with Crippen molar-refractivity contribution >= 4 is 16.8 Å². The van der Waals surface area contributed by atoms with Crippen LogP contribution in [0.1, 0.15) is 17.3 Å². The zero-order valence-corrected chi connectivity index (χ0v) is 8.54. The number of hydrogen-bond acceptors (Lipinski definition) is 3. The molecule has 0 radical (unpaired) electrons. The van der Waals surface area contributed by atoms with E-state index in [0.29, 0.717) is 0 Å². The summed E-state index contributed by atoms with van der Waals surface area (Å²) in [6.45, 7) is 1.86. The predicted molar refractivity (Wildman–Crippen MR) is 51.8 cm³/mol. The molecule has 6 heteroatoms. The van der Waals surface area contributed by atoms with Gasteiger partial charge < -0.3 is 4.57 Å². The van der Waals surface area contributed by atoms with E-state index in [-0.39, 0.29) is 12.1 Å². The van der Waals surface area contributed by atoms with Gasteiger partial charge in [0.1, 0.15) is 5.56 Å². The Balaban J connectivity index is 3.68. The second kappa shape index (κ2) is 3.79. The van der Waals surface area contributed by atoms with Gasteiger partial charge in [-0.2, -0.15) is 0 Å². The number of aryl methyl sites for hydroxylation is 1. The van der Waals surface area contributed by atoms with Crippen molar-refractivity contribution < 1.29 is 4.79 Å². The van der Waals surface area contributed by atoms with Gasteiger partial charge in [-0.25, -0.2) is 4.79 Å². The molecule has 0 aromatic carbocycles. The highest BCUT2D eigenvalue weighted by Crippen LogP contribution is 1.94. The smallest absolute Gasteiger partial charge is 0.303 e. The van der Waals surface area contributed by atoms with Crippen LogP contribution in [0.3, 0.4) is 0 Å². The van der Waals surface area contributed by atoms with Crippen molar-refractivity contribution in [1.82, 2.24) is 9.13 Å². The highest BCUT2D eigenvalue weighted by molar-refractivity contribution is 6.67. The maximum Gasteiger partial charge on any atom is 0.330 e. The number of halogens is 1. The van der Waals surface area contributed by atoms with E-state index in [1.807, 2.05) is 0 Å². The molecule has 0 saturated heterocycles. The summed E-state index contributed by atoms with van der Waals surface area (Å²) in [5.74, 6) is 0. The van der Waals surface area contributed by atoms with E-state index < -0.39 is 16.5 Å². The molecule has 76 valence electrons. The van der Waals surface area contributed by atoms with Crippen LogP contribution in [0.4, 0.5) is 0 Å². The number of carbonyl (C=O) groups excluding carboxylic acids is 1. The van der Waals surface area contributed by atoms with Crippen LogP contribution in [0.15, 0.2) is 15.8 Å². The largest absolute Gasteiger partial charge is 0.330 e. The topological polar surface area (TPSA) is 61.1 Å². The lowest BCUT2D eigenvalue weighted by Gasteiger charge is -2.05. The van der Waals surface area contributed by atoms with Crippen LogP contribution >= 0.6 is 11.6 Å². The average Bonchev–Trinajstić information content (AvgIpc) is 2.12. The maximum atomic E-state index is 11.5. The Hall–Kier alpha value is -1.36. The van der Waals surface area contributed by atoms with Crippen molar-refractivity contribution in [2.24, 2.45) is 7.05 Å². The zero-order valence-electron chi connectivity index (χ0n) is 7.78. The third-order valence-corrected chi connectivity index (χ3v) is 2.06. The van der Waals surface area contributed by atoms with Crippen molar-refractivity contribution in [3.05, 3.63) is 32.6 Å². The molecule has 14 heavy (non-hydrogen) atoms. The summed E-state index contributed by atoms with van der Waals surface area (Å²) in [4.78, 5) is 33.7. The predicted octanol–water partition coefficient (Wildman–Crippen LogP) is -0.0541. The van der Waals surface area contributed by atoms with Crippen LogP contribution in [0.25, 0.3) is 0 Å². The van der Waals surface area contributed by atoms with Gasteiger partial charge in [0.15, 0.2) is 0 Å². The van der Waals surface area contributed by atoms with Crippen LogP contribution < -0.4 is 11.2 Å². The minimum atomic E-state index is -0.854. The first-order chi connectivity index (χ1) is 6.49. The standard InChI is InChI=1S/C8H9ClN2O3/c1-3-11-7(13)5(6(9)12)4-10(2)8(11)14/h4H,3H2,1-2H3. The summed E-state index contributed by atoms with van der Waals surface area (Å²) < 4.78 is 2.11. The van der Waals surface area contributed by atoms with Gasteiger partial charge in [0.25, 0.3) is 10.8 Å². The van der Waals surface area contributed by atoms with Gasteiger partial charge in [0.2, 0.25) is 0 Å². The van der Waals surface area contributed by atoms with Crippen LogP contribution in [0.5, 0.6) is 0 Å². The van der Waals surface area contributed by atoms with Crippen LogP contribution in [-0.2, 0) is 13.6 Å². The lowest BCUT2D eigenvalue weighted by molar-refractivity contribution is 0.107. The van der Waals surface area contributed by atoms with E-state index >= 15 is 0 Å². The quantitative estimate of drug-likeness (QED) is 0.651. The monoisotopic (exact) mass is 216 g/mol. The van der Waals surface area contributed by atoms with E-state index in [9.17, 15) is 14.4 Å². The summed E-state index contributed by atoms with van der Waals surface area (Å²) in [6, 6.07) is 0. The SMILES string of the molecule is CCn1c(=O)c(C(=O)Cl)cn(C)c1=O. The summed E-state index contributed by atoms with van der Waals surface area (Å²) in [5.41, 5.74) is -1.29. The fraction of sp³-hybridized carbons (Fsp3) is 0.375. The Morgan fingerprint density at radius 3 is 2.50 bits per heavy atom. The van der Waals surface area contributed by atoms with Gasteiger partial charge in [-0.15, -0.1) is 0 Å². The molecular formula is C8H9ClN2O3. The summed E-state index contributed by atoms with van der Waals surface area (Å²) in [7, 11) is 1.46. The van der Waals surface area contributed by atoms with Crippen molar-refractivity contribution in [2.75, 3.05) is 0 Å². The van der Waals surface area contributed by atoms with Gasteiger partial charge in [-0.1, -0.05) is 0 Å². The van der Waals surface area contributed by atoms with Crippen molar-refractivity contribution in [3.8, 4) is 0 Å². The van der Waals surface area contributed by atoms with Gasteiger partial charge in [-0.05, 0) is 18.5 Å². The summed E-state index contributed by atoms with van der Waals surface area (Å²) in [5, 5.41) is -0.854. The Bertz CT molecular complexity index is 486.